The first kappa shape index (κ1) is 20.4. The predicted molar refractivity (Wildman–Crippen MR) is 106 cm³/mol. The molecule has 0 unspecified atom stereocenters. The van der Waals surface area contributed by atoms with Crippen molar-refractivity contribution in [2.75, 3.05) is 21.3 Å². The maximum atomic E-state index is 12.7. The molecule has 3 rings (SSSR count). The van der Waals surface area contributed by atoms with E-state index in [0.29, 0.717) is 24.2 Å². The van der Waals surface area contributed by atoms with Gasteiger partial charge < -0.3 is 0 Å². The summed E-state index contributed by atoms with van der Waals surface area (Å²) < 4.78 is 52.9. The minimum atomic E-state index is -4.15. The van der Waals surface area contributed by atoms with Crippen molar-refractivity contribution < 1.29 is 21.8 Å². The Bertz CT molecular complexity index is 1160. The summed E-state index contributed by atoms with van der Waals surface area (Å²) in [6.45, 7) is 1.85. The van der Waals surface area contributed by atoms with Crippen LogP contribution in [0.3, 0.4) is 0 Å². The molecule has 0 radical (unpaired) electrons. The minimum absolute atomic E-state index is 0.00580. The van der Waals surface area contributed by atoms with E-state index in [1.54, 1.807) is 0 Å². The number of anilines is 2. The van der Waals surface area contributed by atoms with Crippen molar-refractivity contribution in [2.24, 2.45) is 0 Å². The van der Waals surface area contributed by atoms with Crippen LogP contribution in [-0.4, -0.2) is 34.1 Å². The summed E-state index contributed by atoms with van der Waals surface area (Å²) in [6, 6.07) is 7.70. The molecular formula is C16H16ClN3O6S2. The lowest BCUT2D eigenvalue weighted by atomic mass is 10.2. The van der Waals surface area contributed by atoms with Crippen molar-refractivity contribution in [3.63, 3.8) is 0 Å². The van der Waals surface area contributed by atoms with Gasteiger partial charge in [-0.25, -0.2) is 16.8 Å². The molecule has 0 spiro atoms. The monoisotopic (exact) mass is 445 g/mol. The zero-order valence-corrected chi connectivity index (χ0v) is 17.0. The maximum Gasteiger partial charge on any atom is 0.270 e. The van der Waals surface area contributed by atoms with Crippen LogP contribution in [0.2, 0.25) is 5.02 Å². The van der Waals surface area contributed by atoms with Crippen molar-refractivity contribution in [1.82, 2.24) is 0 Å². The molecule has 0 bridgehead atoms. The number of aryl methyl sites for hydroxylation is 1. The summed E-state index contributed by atoms with van der Waals surface area (Å²) in [5.74, 6) is 0.0467. The second-order valence-electron chi connectivity index (χ2n) is 6.22. The number of nitrogens with one attached hydrogen (secondary N) is 1. The number of hydrogen-bond acceptors (Lipinski definition) is 6. The SMILES string of the molecule is Cc1ccc([N+](=O)[O-])cc1S(=O)(=O)Nc1ccc(N2CCCS2(=O)=O)cc1Cl. The second kappa shape index (κ2) is 7.22. The number of halogens is 1. The molecule has 150 valence electrons. The Labute approximate surface area is 167 Å². The molecule has 1 fully saturated rings. The number of nitro groups is 1. The Hall–Kier alpha value is -2.37. The molecule has 1 N–H and O–H groups in total. The average molecular weight is 446 g/mol. The van der Waals surface area contributed by atoms with Crippen LogP contribution in [-0.2, 0) is 20.0 Å². The predicted octanol–water partition coefficient (Wildman–Crippen LogP) is 2.90. The highest BCUT2D eigenvalue weighted by Gasteiger charge is 2.29. The Morgan fingerprint density at radius 3 is 2.50 bits per heavy atom. The number of nitrogens with zero attached hydrogens (tertiary/aromatic N) is 2. The van der Waals surface area contributed by atoms with Gasteiger partial charge in [-0.2, -0.15) is 0 Å². The van der Waals surface area contributed by atoms with Gasteiger partial charge in [0.25, 0.3) is 15.7 Å². The number of rotatable bonds is 5. The second-order valence-corrected chi connectivity index (χ2v) is 10.3. The van der Waals surface area contributed by atoms with Crippen LogP contribution in [0.15, 0.2) is 41.3 Å². The summed E-state index contributed by atoms with van der Waals surface area (Å²) in [4.78, 5) is 10.0. The fraction of sp³-hybridized carbons (Fsp3) is 0.250. The van der Waals surface area contributed by atoms with Gasteiger partial charge in [0.1, 0.15) is 0 Å². The van der Waals surface area contributed by atoms with Crippen LogP contribution in [0.4, 0.5) is 17.1 Å². The van der Waals surface area contributed by atoms with Crippen LogP contribution >= 0.6 is 11.6 Å². The largest absolute Gasteiger partial charge is 0.278 e. The first-order valence-electron chi connectivity index (χ1n) is 8.09. The quantitative estimate of drug-likeness (QED) is 0.556. The molecule has 1 saturated heterocycles. The smallest absolute Gasteiger partial charge is 0.270 e. The van der Waals surface area contributed by atoms with Crippen LogP contribution < -0.4 is 9.03 Å². The highest BCUT2D eigenvalue weighted by atomic mass is 35.5. The van der Waals surface area contributed by atoms with Crippen LogP contribution in [0, 0.1) is 17.0 Å². The first-order chi connectivity index (χ1) is 13.0. The van der Waals surface area contributed by atoms with Gasteiger partial charge in [0.05, 0.1) is 32.0 Å². The average Bonchev–Trinajstić information content (AvgIpc) is 2.95. The molecule has 12 heteroatoms. The van der Waals surface area contributed by atoms with Gasteiger partial charge >= 0.3 is 0 Å². The van der Waals surface area contributed by atoms with Crippen molar-refractivity contribution in [3.05, 3.63) is 57.1 Å². The standard InChI is InChI=1S/C16H16ClN3O6S2/c1-11-3-4-13(20(21)22)10-16(11)28(25,26)18-15-6-5-12(9-14(15)17)19-7-2-8-27(19,23)24/h3-6,9-10,18H,2,7-8H2,1H3. The summed E-state index contributed by atoms with van der Waals surface area (Å²) >= 11 is 6.16. The Morgan fingerprint density at radius 2 is 1.93 bits per heavy atom. The Balaban J connectivity index is 1.93. The van der Waals surface area contributed by atoms with E-state index in [9.17, 15) is 26.9 Å². The zero-order valence-electron chi connectivity index (χ0n) is 14.6. The molecule has 1 aliphatic rings. The molecule has 28 heavy (non-hydrogen) atoms. The molecule has 0 saturated carbocycles. The van der Waals surface area contributed by atoms with Crippen LogP contribution in [0.5, 0.6) is 0 Å². The lowest BCUT2D eigenvalue weighted by molar-refractivity contribution is -0.385. The molecule has 0 atom stereocenters. The van der Waals surface area contributed by atoms with E-state index in [0.717, 1.165) is 6.07 Å². The molecular weight excluding hydrogens is 430 g/mol. The van der Waals surface area contributed by atoms with Crippen LogP contribution in [0.1, 0.15) is 12.0 Å². The van der Waals surface area contributed by atoms with Gasteiger partial charge in [-0.05, 0) is 37.1 Å². The normalized spacial score (nSPS) is 16.1. The molecule has 0 amide bonds. The topological polar surface area (TPSA) is 127 Å². The lowest BCUT2D eigenvalue weighted by Crippen LogP contribution is -2.25. The Morgan fingerprint density at radius 1 is 1.21 bits per heavy atom. The van der Waals surface area contributed by atoms with Gasteiger partial charge in [0.15, 0.2) is 0 Å². The summed E-state index contributed by atoms with van der Waals surface area (Å²) in [7, 11) is -7.54. The van der Waals surface area contributed by atoms with Crippen molar-refractivity contribution in [1.29, 1.82) is 0 Å². The van der Waals surface area contributed by atoms with Crippen molar-refractivity contribution in [3.8, 4) is 0 Å². The molecule has 1 heterocycles. The fourth-order valence-electron chi connectivity index (χ4n) is 2.86. The van der Waals surface area contributed by atoms with Crippen molar-refractivity contribution in [2.45, 2.75) is 18.2 Å². The number of non-ortho nitro benzene ring substituents is 1. The third-order valence-electron chi connectivity index (χ3n) is 4.26. The Kier molecular flexibility index (Phi) is 5.26. The third-order valence-corrected chi connectivity index (χ3v) is 7.95. The first-order valence-corrected chi connectivity index (χ1v) is 11.6. The number of sulfonamides is 2. The highest BCUT2D eigenvalue weighted by Crippen LogP contribution is 2.33. The van der Waals surface area contributed by atoms with Gasteiger partial charge in [-0.15, -0.1) is 0 Å². The zero-order chi connectivity index (χ0) is 20.7. The van der Waals surface area contributed by atoms with Gasteiger partial charge in [-0.3, -0.25) is 19.1 Å². The van der Waals surface area contributed by atoms with E-state index in [-0.39, 0.29) is 27.0 Å². The van der Waals surface area contributed by atoms with E-state index < -0.39 is 25.0 Å². The van der Waals surface area contributed by atoms with E-state index in [4.69, 9.17) is 11.6 Å². The fourth-order valence-corrected chi connectivity index (χ4v) is 6.04. The number of nitro benzene ring substituents is 1. The summed E-state index contributed by atoms with van der Waals surface area (Å²) in [5.41, 5.74) is 0.352. The molecule has 0 aromatic heterocycles. The van der Waals surface area contributed by atoms with Crippen molar-refractivity contribution >= 4 is 48.7 Å². The molecule has 1 aliphatic heterocycles. The summed E-state index contributed by atoms with van der Waals surface area (Å²) in [6.07, 6.45) is 0.500. The number of hydrogen-bond donors (Lipinski definition) is 1. The van der Waals surface area contributed by atoms with Crippen LogP contribution in [0.25, 0.3) is 0 Å². The molecule has 9 nitrogen and oxygen atoms in total. The van der Waals surface area contributed by atoms with Gasteiger partial charge in [0.2, 0.25) is 10.0 Å². The lowest BCUT2D eigenvalue weighted by Gasteiger charge is -2.18. The van der Waals surface area contributed by atoms with E-state index in [1.165, 1.54) is 41.6 Å². The van der Waals surface area contributed by atoms with Gasteiger partial charge in [-0.1, -0.05) is 17.7 Å². The number of benzene rings is 2. The van der Waals surface area contributed by atoms with Gasteiger partial charge in [0, 0.05) is 18.7 Å². The molecule has 0 aliphatic carbocycles. The third kappa shape index (κ3) is 3.91. The molecule has 2 aromatic carbocycles. The van der Waals surface area contributed by atoms with E-state index in [2.05, 4.69) is 4.72 Å². The minimum Gasteiger partial charge on any atom is -0.278 e. The molecule has 2 aromatic rings. The van der Waals surface area contributed by atoms with E-state index >= 15 is 0 Å². The highest BCUT2D eigenvalue weighted by molar-refractivity contribution is 7.93. The maximum absolute atomic E-state index is 12.7. The summed E-state index contributed by atoms with van der Waals surface area (Å²) in [5, 5.41) is 10.9. The van der Waals surface area contributed by atoms with E-state index in [1.807, 2.05) is 0 Å².